The van der Waals surface area contributed by atoms with E-state index in [1.54, 1.807) is 6.07 Å². The predicted octanol–water partition coefficient (Wildman–Crippen LogP) is 3.92. The third-order valence-electron chi connectivity index (χ3n) is 1.84. The second-order valence-corrected chi connectivity index (χ2v) is 4.97. The third kappa shape index (κ3) is 1.44. The number of allylic oxidation sites excluding steroid dienone is 1. The van der Waals surface area contributed by atoms with E-state index in [9.17, 15) is 4.39 Å². The lowest BCUT2D eigenvalue weighted by Gasteiger charge is -2.00. The molecular formula is C9H5BrFI. The van der Waals surface area contributed by atoms with Crippen molar-refractivity contribution < 1.29 is 4.39 Å². The summed E-state index contributed by atoms with van der Waals surface area (Å²) in [6.07, 6.45) is 2.95. The highest BCUT2D eigenvalue weighted by molar-refractivity contribution is 14.1. The standard InChI is InChI=1S/C9H5BrFI/c10-9-3-6(11)1-5-2-7(12)4-8(5)9/h1,3-4H,2H2. The first kappa shape index (κ1) is 8.69. The highest BCUT2D eigenvalue weighted by atomic mass is 127. The molecule has 0 bridgehead atoms. The van der Waals surface area contributed by atoms with Gasteiger partial charge in [0.25, 0.3) is 0 Å². The van der Waals surface area contributed by atoms with Crippen LogP contribution in [0.25, 0.3) is 6.08 Å². The van der Waals surface area contributed by atoms with Gasteiger partial charge in [-0.2, -0.15) is 0 Å². The monoisotopic (exact) mass is 338 g/mol. The molecule has 0 unspecified atom stereocenters. The molecule has 0 saturated carbocycles. The lowest BCUT2D eigenvalue weighted by atomic mass is 10.1. The van der Waals surface area contributed by atoms with Crippen LogP contribution in [0.5, 0.6) is 0 Å². The fourth-order valence-electron chi connectivity index (χ4n) is 1.34. The van der Waals surface area contributed by atoms with Gasteiger partial charge in [-0.25, -0.2) is 4.39 Å². The molecule has 0 aromatic heterocycles. The summed E-state index contributed by atoms with van der Waals surface area (Å²) in [5.74, 6) is -0.167. The van der Waals surface area contributed by atoms with E-state index in [4.69, 9.17) is 0 Å². The Morgan fingerprint density at radius 1 is 1.42 bits per heavy atom. The van der Waals surface area contributed by atoms with E-state index in [1.807, 2.05) is 0 Å². The summed E-state index contributed by atoms with van der Waals surface area (Å²) in [6, 6.07) is 3.10. The van der Waals surface area contributed by atoms with Gasteiger partial charge in [-0.15, -0.1) is 0 Å². The van der Waals surface area contributed by atoms with Crippen molar-refractivity contribution in [3.05, 3.63) is 37.1 Å². The van der Waals surface area contributed by atoms with Crippen LogP contribution < -0.4 is 0 Å². The third-order valence-corrected chi connectivity index (χ3v) is 3.19. The highest BCUT2D eigenvalue weighted by Crippen LogP contribution is 2.34. The first-order chi connectivity index (χ1) is 5.66. The molecule has 0 heterocycles. The van der Waals surface area contributed by atoms with Crippen molar-refractivity contribution in [2.24, 2.45) is 0 Å². The van der Waals surface area contributed by atoms with Gasteiger partial charge in [0.15, 0.2) is 0 Å². The molecule has 1 aliphatic carbocycles. The average molecular weight is 339 g/mol. The van der Waals surface area contributed by atoms with Crippen molar-refractivity contribution in [1.29, 1.82) is 0 Å². The van der Waals surface area contributed by atoms with Gasteiger partial charge in [0, 0.05) is 10.9 Å². The Hall–Kier alpha value is 0.100. The Balaban J connectivity index is 2.62. The van der Waals surface area contributed by atoms with Crippen molar-refractivity contribution in [3.8, 4) is 0 Å². The molecule has 2 rings (SSSR count). The minimum Gasteiger partial charge on any atom is -0.207 e. The molecule has 0 radical (unpaired) electrons. The molecule has 0 amide bonds. The van der Waals surface area contributed by atoms with Crippen molar-refractivity contribution in [2.45, 2.75) is 6.42 Å². The van der Waals surface area contributed by atoms with Crippen LogP contribution in [0.15, 0.2) is 20.2 Å². The normalized spacial score (nSPS) is 14.4. The predicted molar refractivity (Wildman–Crippen MR) is 59.8 cm³/mol. The lowest BCUT2D eigenvalue weighted by molar-refractivity contribution is 0.625. The first-order valence-electron chi connectivity index (χ1n) is 3.51. The number of fused-ring (bicyclic) bond motifs is 1. The van der Waals surface area contributed by atoms with Crippen LogP contribution in [0.4, 0.5) is 4.39 Å². The molecule has 3 heteroatoms. The van der Waals surface area contributed by atoms with Crippen molar-refractivity contribution in [2.75, 3.05) is 0 Å². The Bertz CT molecular complexity index is 371. The van der Waals surface area contributed by atoms with Crippen LogP contribution in [-0.4, -0.2) is 0 Å². The molecule has 0 aliphatic heterocycles. The summed E-state index contributed by atoms with van der Waals surface area (Å²) >= 11 is 5.61. The highest BCUT2D eigenvalue weighted by Gasteiger charge is 2.14. The molecule has 12 heavy (non-hydrogen) atoms. The number of hydrogen-bond acceptors (Lipinski definition) is 0. The first-order valence-corrected chi connectivity index (χ1v) is 5.38. The van der Waals surface area contributed by atoms with Gasteiger partial charge in [0.1, 0.15) is 5.82 Å². The van der Waals surface area contributed by atoms with Gasteiger partial charge in [0.05, 0.1) is 0 Å². The molecule has 1 aromatic rings. The fourth-order valence-corrected chi connectivity index (χ4v) is 2.65. The van der Waals surface area contributed by atoms with Crippen LogP contribution >= 0.6 is 38.5 Å². The summed E-state index contributed by atoms with van der Waals surface area (Å²) in [5, 5.41) is 0. The van der Waals surface area contributed by atoms with Crippen molar-refractivity contribution in [1.82, 2.24) is 0 Å². The smallest absolute Gasteiger partial charge is 0.124 e. The van der Waals surface area contributed by atoms with E-state index < -0.39 is 0 Å². The molecule has 1 aliphatic rings. The van der Waals surface area contributed by atoms with Gasteiger partial charge >= 0.3 is 0 Å². The number of hydrogen-bond donors (Lipinski definition) is 0. The quantitative estimate of drug-likeness (QED) is 0.629. The van der Waals surface area contributed by atoms with Gasteiger partial charge in [-0.3, -0.25) is 0 Å². The zero-order chi connectivity index (χ0) is 8.72. The summed E-state index contributed by atoms with van der Waals surface area (Å²) < 4.78 is 15.0. The lowest BCUT2D eigenvalue weighted by Crippen LogP contribution is -1.85. The van der Waals surface area contributed by atoms with Crippen LogP contribution in [0.2, 0.25) is 0 Å². The maximum absolute atomic E-state index is 12.9. The Morgan fingerprint density at radius 2 is 2.17 bits per heavy atom. The second kappa shape index (κ2) is 3.10. The van der Waals surface area contributed by atoms with E-state index >= 15 is 0 Å². The topological polar surface area (TPSA) is 0 Å². The summed E-state index contributed by atoms with van der Waals surface area (Å²) in [6.45, 7) is 0. The minimum absolute atomic E-state index is 0.167. The molecule has 0 fully saturated rings. The van der Waals surface area contributed by atoms with Crippen molar-refractivity contribution in [3.63, 3.8) is 0 Å². The van der Waals surface area contributed by atoms with Crippen molar-refractivity contribution >= 4 is 44.6 Å². The van der Waals surface area contributed by atoms with E-state index in [0.717, 1.165) is 22.0 Å². The molecule has 0 N–H and O–H groups in total. The zero-order valence-electron chi connectivity index (χ0n) is 6.07. The molecule has 0 saturated heterocycles. The van der Waals surface area contributed by atoms with Crippen LogP contribution in [0, 0.1) is 5.82 Å². The van der Waals surface area contributed by atoms with Gasteiger partial charge < -0.3 is 0 Å². The minimum atomic E-state index is -0.167. The van der Waals surface area contributed by atoms with E-state index in [0.29, 0.717) is 0 Å². The SMILES string of the molecule is Fc1cc(Br)c2c(c1)CC(I)=C2. The fraction of sp³-hybridized carbons (Fsp3) is 0.111. The Morgan fingerprint density at radius 3 is 2.92 bits per heavy atom. The summed E-state index contributed by atoms with van der Waals surface area (Å²) in [7, 11) is 0. The second-order valence-electron chi connectivity index (χ2n) is 2.73. The molecule has 0 atom stereocenters. The van der Waals surface area contributed by atoms with Crippen LogP contribution in [0.3, 0.4) is 0 Å². The zero-order valence-corrected chi connectivity index (χ0v) is 9.82. The molecule has 0 spiro atoms. The number of benzene rings is 1. The van der Waals surface area contributed by atoms with E-state index in [2.05, 4.69) is 44.6 Å². The Kier molecular flexibility index (Phi) is 2.25. The van der Waals surface area contributed by atoms with Gasteiger partial charge in [0.2, 0.25) is 0 Å². The largest absolute Gasteiger partial charge is 0.207 e. The summed E-state index contributed by atoms with van der Waals surface area (Å²) in [4.78, 5) is 0. The van der Waals surface area contributed by atoms with Gasteiger partial charge in [-0.05, 0) is 55.5 Å². The molecule has 62 valence electrons. The number of rotatable bonds is 0. The maximum Gasteiger partial charge on any atom is 0.124 e. The average Bonchev–Trinajstić information content (AvgIpc) is 2.29. The van der Waals surface area contributed by atoms with E-state index in [-0.39, 0.29) is 5.82 Å². The van der Waals surface area contributed by atoms with Crippen LogP contribution in [0.1, 0.15) is 11.1 Å². The molecule has 1 aromatic carbocycles. The maximum atomic E-state index is 12.9. The van der Waals surface area contributed by atoms with Gasteiger partial charge in [-0.1, -0.05) is 15.9 Å². The summed E-state index contributed by atoms with van der Waals surface area (Å²) in [5.41, 5.74) is 2.20. The molecular weight excluding hydrogens is 334 g/mol. The molecule has 0 nitrogen and oxygen atoms in total. The Labute approximate surface area is 92.1 Å². The van der Waals surface area contributed by atoms with E-state index in [1.165, 1.54) is 9.65 Å². The number of halogens is 3. The van der Waals surface area contributed by atoms with Crippen LogP contribution in [-0.2, 0) is 6.42 Å².